The lowest BCUT2D eigenvalue weighted by atomic mass is 9.67. The number of likely N-dealkylation sites (tertiary alicyclic amines) is 1. The first kappa shape index (κ1) is 25.4. The number of halogens is 1. The number of Topliss-reactive ketones (excluding diaryl/α,β-unsaturated/α-hetero) is 1. The molecule has 1 saturated carbocycles. The van der Waals surface area contributed by atoms with Crippen molar-refractivity contribution in [1.82, 2.24) is 4.90 Å². The molecule has 0 unspecified atom stereocenters. The number of rotatable bonds is 5. The molecule has 1 radical (unpaired) electrons. The van der Waals surface area contributed by atoms with E-state index in [1.54, 1.807) is 43.3 Å². The molecule has 2 aliphatic rings. The molecule has 1 aliphatic carbocycles. The van der Waals surface area contributed by atoms with Gasteiger partial charge in [0.05, 0.1) is 6.10 Å². The normalized spacial score (nSPS) is 26.6. The minimum atomic E-state index is -0.541. The van der Waals surface area contributed by atoms with E-state index in [0.717, 1.165) is 18.4 Å². The molecule has 0 spiro atoms. The molecule has 5 nitrogen and oxygen atoms in total. The Balaban J connectivity index is 1.64. The standard InChI is InChI=1S/C31H33FNO4/c1-19-24(9-5-10-28(19)32)30-26(25-8-2-3-11-29(25)36)17-33(21-12-14-22(34)15-13-21)18-27(30)31(37)20-6-4-7-23(35)16-20/h2-7,9-11,16,21-22,26-27,30,34-36H,12-15,17-18H2,1H3/t21?,22?,26-,27+,30-/m1/s1. The molecule has 2 fully saturated rings. The number of piperidine rings is 1. The zero-order valence-electron chi connectivity index (χ0n) is 21.0. The highest BCUT2D eigenvalue weighted by Crippen LogP contribution is 2.48. The maximum atomic E-state index is 14.8. The van der Waals surface area contributed by atoms with E-state index in [0.29, 0.717) is 42.6 Å². The van der Waals surface area contributed by atoms with E-state index in [1.165, 1.54) is 18.2 Å². The van der Waals surface area contributed by atoms with Gasteiger partial charge in [-0.25, -0.2) is 4.39 Å². The van der Waals surface area contributed by atoms with Gasteiger partial charge < -0.3 is 15.3 Å². The van der Waals surface area contributed by atoms with Crippen LogP contribution in [-0.4, -0.2) is 51.2 Å². The van der Waals surface area contributed by atoms with Crippen LogP contribution in [0.15, 0.2) is 60.7 Å². The number of aromatic hydroxyl groups is 2. The number of carbonyl (C=O) groups is 1. The van der Waals surface area contributed by atoms with Gasteiger partial charge >= 0.3 is 0 Å². The molecule has 3 atom stereocenters. The van der Waals surface area contributed by atoms with Gasteiger partial charge in [0.2, 0.25) is 0 Å². The Labute approximate surface area is 217 Å². The number of hydrogen-bond acceptors (Lipinski definition) is 5. The van der Waals surface area contributed by atoms with E-state index < -0.39 is 11.8 Å². The average Bonchev–Trinajstić information content (AvgIpc) is 2.90. The summed E-state index contributed by atoms with van der Waals surface area (Å²) in [4.78, 5) is 16.4. The van der Waals surface area contributed by atoms with Gasteiger partial charge in [0.1, 0.15) is 17.3 Å². The highest BCUT2D eigenvalue weighted by atomic mass is 19.1. The van der Waals surface area contributed by atoms with Crippen molar-refractivity contribution in [2.75, 3.05) is 13.1 Å². The molecule has 3 aromatic rings. The number of benzene rings is 3. The molecule has 1 saturated heterocycles. The zero-order valence-corrected chi connectivity index (χ0v) is 21.0. The molecule has 5 rings (SSSR count). The van der Waals surface area contributed by atoms with E-state index in [-0.39, 0.29) is 41.2 Å². The predicted octanol–water partition coefficient (Wildman–Crippen LogP) is 5.33. The second kappa shape index (κ2) is 10.6. The summed E-state index contributed by atoms with van der Waals surface area (Å²) >= 11 is 0. The molecule has 3 N–H and O–H groups in total. The van der Waals surface area contributed by atoms with E-state index in [1.807, 2.05) is 6.07 Å². The third-order valence-corrected chi connectivity index (χ3v) is 8.28. The molecule has 0 amide bonds. The van der Waals surface area contributed by atoms with Crippen molar-refractivity contribution in [3.63, 3.8) is 0 Å². The minimum Gasteiger partial charge on any atom is -0.508 e. The topological polar surface area (TPSA) is 81.0 Å². The van der Waals surface area contributed by atoms with E-state index in [9.17, 15) is 24.5 Å². The highest BCUT2D eigenvalue weighted by molar-refractivity contribution is 5.99. The first-order chi connectivity index (χ1) is 17.8. The van der Waals surface area contributed by atoms with Crippen molar-refractivity contribution in [3.05, 3.63) is 94.8 Å². The Hall–Kier alpha value is -3.22. The summed E-state index contributed by atoms with van der Waals surface area (Å²) in [6.45, 7) is 2.79. The summed E-state index contributed by atoms with van der Waals surface area (Å²) < 4.78 is 14.8. The smallest absolute Gasteiger partial charge is 0.167 e. The molecular formula is C31H33FNO4. The van der Waals surface area contributed by atoms with Crippen LogP contribution in [-0.2, 0) is 0 Å². The maximum Gasteiger partial charge on any atom is 0.167 e. The summed E-state index contributed by atoms with van der Waals surface area (Å²) in [5.41, 5.74) is 2.27. The molecular weight excluding hydrogens is 469 g/mol. The van der Waals surface area contributed by atoms with Crippen molar-refractivity contribution < 1.29 is 24.5 Å². The third kappa shape index (κ3) is 5.13. The Bertz CT molecular complexity index is 1270. The molecule has 3 aromatic carbocycles. The fraction of sp³-hybridized carbons (Fsp3) is 0.387. The fourth-order valence-corrected chi connectivity index (χ4v) is 6.36. The summed E-state index contributed by atoms with van der Waals surface area (Å²) in [6.07, 6.45) is 2.79. The third-order valence-electron chi connectivity index (χ3n) is 8.28. The highest BCUT2D eigenvalue weighted by Gasteiger charge is 2.45. The van der Waals surface area contributed by atoms with Gasteiger partial charge in [-0.05, 0) is 74.1 Å². The van der Waals surface area contributed by atoms with Crippen molar-refractivity contribution in [2.24, 2.45) is 5.92 Å². The Morgan fingerprint density at radius 3 is 2.49 bits per heavy atom. The Morgan fingerprint density at radius 2 is 1.76 bits per heavy atom. The van der Waals surface area contributed by atoms with Crippen LogP contribution in [0.25, 0.3) is 0 Å². The summed E-state index contributed by atoms with van der Waals surface area (Å²) in [6, 6.07) is 19.9. The Kier molecular flexibility index (Phi) is 7.31. The number of ketones is 1. The van der Waals surface area contributed by atoms with E-state index in [4.69, 9.17) is 0 Å². The van der Waals surface area contributed by atoms with Gasteiger partial charge in [-0.1, -0.05) is 36.4 Å². The molecule has 6 heteroatoms. The minimum absolute atomic E-state index is 0.0175. The van der Waals surface area contributed by atoms with E-state index >= 15 is 0 Å². The van der Waals surface area contributed by atoms with Crippen LogP contribution < -0.4 is 0 Å². The van der Waals surface area contributed by atoms with Crippen LogP contribution in [0.3, 0.4) is 0 Å². The summed E-state index contributed by atoms with van der Waals surface area (Å²) in [5.74, 6) is -1.58. The van der Waals surface area contributed by atoms with E-state index in [2.05, 4.69) is 11.0 Å². The quantitative estimate of drug-likeness (QED) is 0.411. The number of aliphatic hydroxyl groups excluding tert-OH is 1. The Morgan fingerprint density at radius 1 is 1.00 bits per heavy atom. The largest absolute Gasteiger partial charge is 0.508 e. The van der Waals surface area contributed by atoms with Gasteiger partial charge in [0, 0.05) is 48.0 Å². The molecule has 0 aromatic heterocycles. The first-order valence-electron chi connectivity index (χ1n) is 13.0. The van der Waals surface area contributed by atoms with Crippen LogP contribution in [0.1, 0.15) is 64.6 Å². The molecule has 193 valence electrons. The molecule has 1 heterocycles. The summed E-state index contributed by atoms with van der Waals surface area (Å²) in [5, 5.41) is 31.1. The number of phenols is 2. The number of phenolic OH excluding ortho intramolecular Hbond substituents is 2. The number of carbonyl (C=O) groups excluding carboxylic acids is 1. The SMILES string of the molecule is Cc1c(F)cccc1[C@H]1[C@@H](C(=O)c2cccc(O)c2)CN(C2CCC(O)CC2)C[C@@H]1c1[c]cccc1O. The lowest BCUT2D eigenvalue weighted by Gasteiger charge is -2.48. The van der Waals surface area contributed by atoms with Crippen molar-refractivity contribution in [2.45, 2.75) is 56.6 Å². The van der Waals surface area contributed by atoms with Crippen LogP contribution in [0, 0.1) is 24.7 Å². The van der Waals surface area contributed by atoms with Crippen LogP contribution in [0.5, 0.6) is 11.5 Å². The number of aliphatic hydroxyl groups is 1. The lowest BCUT2D eigenvalue weighted by molar-refractivity contribution is 0.0348. The summed E-state index contributed by atoms with van der Waals surface area (Å²) in [7, 11) is 0. The van der Waals surface area contributed by atoms with Crippen LogP contribution in [0.2, 0.25) is 0 Å². The van der Waals surface area contributed by atoms with Crippen molar-refractivity contribution in [1.29, 1.82) is 0 Å². The predicted molar refractivity (Wildman–Crippen MR) is 139 cm³/mol. The average molecular weight is 503 g/mol. The second-order valence-corrected chi connectivity index (χ2v) is 10.5. The molecule has 0 bridgehead atoms. The van der Waals surface area contributed by atoms with Crippen LogP contribution in [0.4, 0.5) is 4.39 Å². The van der Waals surface area contributed by atoms with Crippen molar-refractivity contribution >= 4 is 5.78 Å². The van der Waals surface area contributed by atoms with Gasteiger partial charge in [0.15, 0.2) is 5.78 Å². The van der Waals surface area contributed by atoms with Gasteiger partial charge in [0.25, 0.3) is 0 Å². The maximum absolute atomic E-state index is 14.8. The monoisotopic (exact) mass is 502 g/mol. The second-order valence-electron chi connectivity index (χ2n) is 10.5. The zero-order chi connectivity index (χ0) is 26.1. The van der Waals surface area contributed by atoms with Gasteiger partial charge in [-0.2, -0.15) is 0 Å². The number of hydrogen-bond donors (Lipinski definition) is 3. The molecule has 1 aliphatic heterocycles. The first-order valence-corrected chi connectivity index (χ1v) is 13.0. The van der Waals surface area contributed by atoms with Crippen molar-refractivity contribution in [3.8, 4) is 11.5 Å². The lowest BCUT2D eigenvalue weighted by Crippen LogP contribution is -2.52. The fourth-order valence-electron chi connectivity index (χ4n) is 6.36. The van der Waals surface area contributed by atoms with Gasteiger partial charge in [-0.3, -0.25) is 9.69 Å². The molecule has 37 heavy (non-hydrogen) atoms. The van der Waals surface area contributed by atoms with Crippen LogP contribution >= 0.6 is 0 Å². The van der Waals surface area contributed by atoms with Gasteiger partial charge in [-0.15, -0.1) is 0 Å². The number of nitrogens with zero attached hydrogens (tertiary/aromatic N) is 1.